The van der Waals surface area contributed by atoms with Gasteiger partial charge in [-0.05, 0) is 64.8 Å². The molecule has 120 valence electrons. The summed E-state index contributed by atoms with van der Waals surface area (Å²) in [5, 5.41) is 3.49. The van der Waals surface area contributed by atoms with Crippen molar-refractivity contribution in [2.75, 3.05) is 19.1 Å². The van der Waals surface area contributed by atoms with Gasteiger partial charge in [-0.3, -0.25) is 9.88 Å². The lowest BCUT2D eigenvalue weighted by Gasteiger charge is -2.24. The Kier molecular flexibility index (Phi) is 7.71. The first-order chi connectivity index (χ1) is 9.81. The van der Waals surface area contributed by atoms with Crippen LogP contribution in [-0.4, -0.2) is 40.5 Å². The number of nitrogens with one attached hydrogen (secondary N) is 1. The Morgan fingerprint density at radius 3 is 2.57 bits per heavy atom. The standard InChI is InChI=1S/C17H31N3S/c1-14(9-10-21-6)20(5)13-16-8-7-15(11-18-16)12-19-17(2,3)4/h7-8,11,14,19H,9-10,12-13H2,1-6H3. The van der Waals surface area contributed by atoms with E-state index >= 15 is 0 Å². The van der Waals surface area contributed by atoms with Gasteiger partial charge in [0.2, 0.25) is 0 Å². The van der Waals surface area contributed by atoms with Gasteiger partial charge in [0.25, 0.3) is 0 Å². The molecule has 1 atom stereocenters. The molecule has 0 bridgehead atoms. The lowest BCUT2D eigenvalue weighted by molar-refractivity contribution is 0.242. The average molecular weight is 310 g/mol. The molecule has 0 aliphatic carbocycles. The highest BCUT2D eigenvalue weighted by molar-refractivity contribution is 7.98. The number of nitrogens with zero attached hydrogens (tertiary/aromatic N) is 2. The Morgan fingerprint density at radius 2 is 2.05 bits per heavy atom. The Morgan fingerprint density at radius 1 is 1.33 bits per heavy atom. The first-order valence-electron chi connectivity index (χ1n) is 7.70. The zero-order valence-electron chi connectivity index (χ0n) is 14.4. The molecule has 3 nitrogen and oxygen atoms in total. The summed E-state index contributed by atoms with van der Waals surface area (Å²) in [4.78, 5) is 6.98. The molecule has 1 aromatic heterocycles. The lowest BCUT2D eigenvalue weighted by Crippen LogP contribution is -2.35. The fraction of sp³-hybridized carbons (Fsp3) is 0.706. The SMILES string of the molecule is CSCCC(C)N(C)Cc1ccc(CNC(C)(C)C)cn1. The topological polar surface area (TPSA) is 28.2 Å². The third-order valence-corrected chi connectivity index (χ3v) is 4.26. The van der Waals surface area contributed by atoms with Crippen LogP contribution in [-0.2, 0) is 13.1 Å². The summed E-state index contributed by atoms with van der Waals surface area (Å²) >= 11 is 1.91. The number of aromatic nitrogens is 1. The van der Waals surface area contributed by atoms with Crippen LogP contribution in [0.3, 0.4) is 0 Å². The van der Waals surface area contributed by atoms with Crippen LogP contribution >= 0.6 is 11.8 Å². The molecule has 1 N–H and O–H groups in total. The largest absolute Gasteiger partial charge is 0.308 e. The van der Waals surface area contributed by atoms with E-state index in [9.17, 15) is 0 Å². The van der Waals surface area contributed by atoms with Gasteiger partial charge in [0.1, 0.15) is 0 Å². The zero-order valence-corrected chi connectivity index (χ0v) is 15.3. The fourth-order valence-electron chi connectivity index (χ4n) is 1.94. The van der Waals surface area contributed by atoms with Crippen LogP contribution in [0.1, 0.15) is 45.4 Å². The Labute approximate surface area is 134 Å². The van der Waals surface area contributed by atoms with Gasteiger partial charge in [-0.1, -0.05) is 6.07 Å². The minimum absolute atomic E-state index is 0.144. The van der Waals surface area contributed by atoms with Gasteiger partial charge in [-0.15, -0.1) is 0 Å². The summed E-state index contributed by atoms with van der Waals surface area (Å²) in [5.74, 6) is 1.22. The molecule has 1 unspecified atom stereocenters. The van der Waals surface area contributed by atoms with Crippen molar-refractivity contribution in [3.05, 3.63) is 29.6 Å². The molecule has 21 heavy (non-hydrogen) atoms. The quantitative estimate of drug-likeness (QED) is 0.795. The van der Waals surface area contributed by atoms with Crippen molar-refractivity contribution in [1.82, 2.24) is 15.2 Å². The molecule has 4 heteroatoms. The average Bonchev–Trinajstić information content (AvgIpc) is 2.43. The van der Waals surface area contributed by atoms with Crippen LogP contribution < -0.4 is 5.32 Å². The summed E-state index contributed by atoms with van der Waals surface area (Å²) in [7, 11) is 2.18. The first kappa shape index (κ1) is 18.5. The smallest absolute Gasteiger partial charge is 0.0544 e. The van der Waals surface area contributed by atoms with E-state index < -0.39 is 0 Å². The third-order valence-electron chi connectivity index (χ3n) is 3.61. The molecular weight excluding hydrogens is 278 g/mol. The van der Waals surface area contributed by atoms with Crippen LogP contribution in [0.5, 0.6) is 0 Å². The van der Waals surface area contributed by atoms with Crippen molar-refractivity contribution in [3.8, 4) is 0 Å². The molecule has 0 saturated heterocycles. The molecule has 0 aliphatic heterocycles. The first-order valence-corrected chi connectivity index (χ1v) is 9.09. The van der Waals surface area contributed by atoms with Crippen molar-refractivity contribution in [2.45, 2.75) is 58.8 Å². The molecule has 0 saturated carbocycles. The second-order valence-corrected chi connectivity index (χ2v) is 7.79. The molecular formula is C17H31N3S. The van der Waals surface area contributed by atoms with Gasteiger partial charge in [0.05, 0.1) is 5.69 Å². The molecule has 0 fully saturated rings. The predicted molar refractivity (Wildman–Crippen MR) is 94.8 cm³/mol. The number of hydrogen-bond acceptors (Lipinski definition) is 4. The van der Waals surface area contributed by atoms with Gasteiger partial charge in [0, 0.05) is 30.9 Å². The molecule has 1 aromatic rings. The maximum absolute atomic E-state index is 4.60. The molecule has 0 radical (unpaired) electrons. The summed E-state index contributed by atoms with van der Waals surface area (Å²) in [6, 6.07) is 4.93. The number of pyridine rings is 1. The van der Waals surface area contributed by atoms with E-state index in [4.69, 9.17) is 0 Å². The third kappa shape index (κ3) is 7.84. The fourth-order valence-corrected chi connectivity index (χ4v) is 2.52. The van der Waals surface area contributed by atoms with E-state index in [2.05, 4.69) is 68.3 Å². The second-order valence-electron chi connectivity index (χ2n) is 6.81. The van der Waals surface area contributed by atoms with Crippen LogP contribution in [0, 0.1) is 0 Å². The number of rotatable bonds is 8. The summed E-state index contributed by atoms with van der Waals surface area (Å²) in [6.45, 7) is 10.6. The minimum atomic E-state index is 0.144. The van der Waals surface area contributed by atoms with Gasteiger partial charge >= 0.3 is 0 Å². The monoisotopic (exact) mass is 309 g/mol. The van der Waals surface area contributed by atoms with Crippen molar-refractivity contribution in [1.29, 1.82) is 0 Å². The van der Waals surface area contributed by atoms with Crippen molar-refractivity contribution in [2.24, 2.45) is 0 Å². The van der Waals surface area contributed by atoms with Crippen LogP contribution in [0.15, 0.2) is 18.3 Å². The van der Waals surface area contributed by atoms with Crippen molar-refractivity contribution in [3.63, 3.8) is 0 Å². The Balaban J connectivity index is 2.46. The predicted octanol–water partition coefficient (Wildman–Crippen LogP) is 3.54. The molecule has 0 aliphatic rings. The number of thioether (sulfide) groups is 1. The Hall–Kier alpha value is -0.580. The van der Waals surface area contributed by atoms with Gasteiger partial charge in [0.15, 0.2) is 0 Å². The van der Waals surface area contributed by atoms with Crippen molar-refractivity contribution < 1.29 is 0 Å². The van der Waals surface area contributed by atoms with Crippen LogP contribution in [0.4, 0.5) is 0 Å². The van der Waals surface area contributed by atoms with Gasteiger partial charge < -0.3 is 5.32 Å². The van der Waals surface area contributed by atoms with E-state index in [1.807, 2.05) is 18.0 Å². The van der Waals surface area contributed by atoms with E-state index in [-0.39, 0.29) is 5.54 Å². The minimum Gasteiger partial charge on any atom is -0.308 e. The van der Waals surface area contributed by atoms with E-state index in [0.29, 0.717) is 6.04 Å². The summed E-state index contributed by atoms with van der Waals surface area (Å²) in [6.07, 6.45) is 5.39. The lowest BCUT2D eigenvalue weighted by atomic mass is 10.1. The molecule has 0 amide bonds. The van der Waals surface area contributed by atoms with Gasteiger partial charge in [-0.2, -0.15) is 11.8 Å². The molecule has 0 spiro atoms. The van der Waals surface area contributed by atoms with E-state index in [1.54, 1.807) is 0 Å². The highest BCUT2D eigenvalue weighted by atomic mass is 32.2. The normalized spacial score (nSPS) is 13.7. The summed E-state index contributed by atoms with van der Waals surface area (Å²) < 4.78 is 0. The van der Waals surface area contributed by atoms with Crippen molar-refractivity contribution >= 4 is 11.8 Å². The molecule has 0 aromatic carbocycles. The highest BCUT2D eigenvalue weighted by Gasteiger charge is 2.11. The summed E-state index contributed by atoms with van der Waals surface area (Å²) in [5.41, 5.74) is 2.53. The maximum atomic E-state index is 4.60. The zero-order chi connectivity index (χ0) is 15.9. The second kappa shape index (κ2) is 8.76. The Bertz CT molecular complexity index is 397. The van der Waals surface area contributed by atoms with Gasteiger partial charge in [-0.25, -0.2) is 0 Å². The van der Waals surface area contributed by atoms with Crippen LogP contribution in [0.2, 0.25) is 0 Å². The van der Waals surface area contributed by atoms with E-state index in [0.717, 1.165) is 18.8 Å². The molecule has 1 rings (SSSR count). The number of hydrogen-bond donors (Lipinski definition) is 1. The van der Waals surface area contributed by atoms with E-state index in [1.165, 1.54) is 17.7 Å². The van der Waals surface area contributed by atoms with Crippen LogP contribution in [0.25, 0.3) is 0 Å². The molecule has 1 heterocycles. The maximum Gasteiger partial charge on any atom is 0.0544 e. The highest BCUT2D eigenvalue weighted by Crippen LogP contribution is 2.10.